The second-order valence-electron chi connectivity index (χ2n) is 4.16. The lowest BCUT2D eigenvalue weighted by molar-refractivity contribution is 0.417. The highest BCUT2D eigenvalue weighted by Crippen LogP contribution is 2.30. The highest BCUT2D eigenvalue weighted by Gasteiger charge is 2.18. The molecule has 0 saturated carbocycles. The second kappa shape index (κ2) is 6.67. The zero-order valence-corrected chi connectivity index (χ0v) is 12.7. The lowest BCUT2D eigenvalue weighted by atomic mass is 10.0. The SMILES string of the molecule is CCNC(Cc1c(Cl)cccc1Cl)c1ccc(Cl)o1. The fourth-order valence-electron chi connectivity index (χ4n) is 1.97. The molecule has 0 aliphatic rings. The largest absolute Gasteiger partial charge is 0.448 e. The topological polar surface area (TPSA) is 25.2 Å². The number of furan rings is 1. The molecule has 0 aliphatic carbocycles. The Kier molecular flexibility index (Phi) is 5.17. The smallest absolute Gasteiger partial charge is 0.193 e. The van der Waals surface area contributed by atoms with Crippen LogP contribution in [-0.2, 0) is 6.42 Å². The van der Waals surface area contributed by atoms with Crippen LogP contribution in [-0.4, -0.2) is 6.54 Å². The Bertz CT molecular complexity index is 533. The van der Waals surface area contributed by atoms with Crippen LogP contribution in [0.2, 0.25) is 15.3 Å². The number of hydrogen-bond donors (Lipinski definition) is 1. The summed E-state index contributed by atoms with van der Waals surface area (Å²) in [5, 5.41) is 5.04. The van der Waals surface area contributed by atoms with Gasteiger partial charge in [0.15, 0.2) is 5.22 Å². The first-order valence-corrected chi connectivity index (χ1v) is 7.16. The third-order valence-electron chi connectivity index (χ3n) is 2.86. The minimum Gasteiger partial charge on any atom is -0.448 e. The summed E-state index contributed by atoms with van der Waals surface area (Å²) in [6.45, 7) is 2.84. The van der Waals surface area contributed by atoms with Gasteiger partial charge in [0, 0.05) is 10.0 Å². The molecule has 1 heterocycles. The van der Waals surface area contributed by atoms with E-state index in [0.717, 1.165) is 17.9 Å². The van der Waals surface area contributed by atoms with Crippen molar-refractivity contribution >= 4 is 34.8 Å². The molecular formula is C14H14Cl3NO. The van der Waals surface area contributed by atoms with Crippen molar-refractivity contribution in [2.75, 3.05) is 6.54 Å². The summed E-state index contributed by atoms with van der Waals surface area (Å²) in [5.74, 6) is 0.780. The molecule has 1 aromatic heterocycles. The molecule has 0 bridgehead atoms. The van der Waals surface area contributed by atoms with Gasteiger partial charge in [0.1, 0.15) is 5.76 Å². The van der Waals surface area contributed by atoms with Gasteiger partial charge in [-0.25, -0.2) is 0 Å². The Morgan fingerprint density at radius 2 is 1.79 bits per heavy atom. The molecule has 0 saturated heterocycles. The maximum Gasteiger partial charge on any atom is 0.193 e. The van der Waals surface area contributed by atoms with E-state index < -0.39 is 0 Å². The van der Waals surface area contributed by atoms with E-state index in [9.17, 15) is 0 Å². The van der Waals surface area contributed by atoms with E-state index in [4.69, 9.17) is 39.2 Å². The van der Waals surface area contributed by atoms with Crippen LogP contribution in [0.5, 0.6) is 0 Å². The van der Waals surface area contributed by atoms with Crippen LogP contribution in [0.4, 0.5) is 0 Å². The molecule has 1 N–H and O–H groups in total. The Hall–Kier alpha value is -0.670. The first kappa shape index (κ1) is 14.7. The predicted molar refractivity (Wildman–Crippen MR) is 80.3 cm³/mol. The maximum atomic E-state index is 6.20. The molecule has 102 valence electrons. The van der Waals surface area contributed by atoms with E-state index in [-0.39, 0.29) is 6.04 Å². The van der Waals surface area contributed by atoms with E-state index in [1.165, 1.54) is 0 Å². The Balaban J connectivity index is 2.26. The van der Waals surface area contributed by atoms with Crippen molar-refractivity contribution in [1.29, 1.82) is 0 Å². The molecule has 1 unspecified atom stereocenters. The Labute approximate surface area is 127 Å². The van der Waals surface area contributed by atoms with Gasteiger partial charge >= 0.3 is 0 Å². The normalized spacial score (nSPS) is 12.6. The highest BCUT2D eigenvalue weighted by molar-refractivity contribution is 6.36. The molecule has 0 amide bonds. The molecule has 5 heteroatoms. The summed E-state index contributed by atoms with van der Waals surface area (Å²) in [5.41, 5.74) is 0.907. The molecule has 0 aliphatic heterocycles. The van der Waals surface area contributed by atoms with Gasteiger partial charge in [-0.3, -0.25) is 0 Å². The Morgan fingerprint density at radius 3 is 2.32 bits per heavy atom. The van der Waals surface area contributed by atoms with Crippen molar-refractivity contribution in [3.8, 4) is 0 Å². The minimum absolute atomic E-state index is 0.00472. The molecule has 1 aromatic carbocycles. The van der Waals surface area contributed by atoms with Gasteiger partial charge < -0.3 is 9.73 Å². The van der Waals surface area contributed by atoms with Crippen LogP contribution in [0.25, 0.3) is 0 Å². The molecule has 1 atom stereocenters. The molecule has 0 radical (unpaired) electrons. The van der Waals surface area contributed by atoms with Crippen molar-refractivity contribution in [2.45, 2.75) is 19.4 Å². The van der Waals surface area contributed by atoms with Crippen LogP contribution < -0.4 is 5.32 Å². The summed E-state index contributed by atoms with van der Waals surface area (Å²) in [7, 11) is 0. The fraction of sp³-hybridized carbons (Fsp3) is 0.286. The average Bonchev–Trinajstić information content (AvgIpc) is 2.79. The first-order valence-electron chi connectivity index (χ1n) is 6.03. The average molecular weight is 319 g/mol. The van der Waals surface area contributed by atoms with Crippen LogP contribution in [0.1, 0.15) is 24.3 Å². The van der Waals surface area contributed by atoms with Crippen molar-refractivity contribution in [3.05, 3.63) is 56.9 Å². The number of rotatable bonds is 5. The van der Waals surface area contributed by atoms with Gasteiger partial charge in [0.2, 0.25) is 0 Å². The molecule has 2 nitrogen and oxygen atoms in total. The van der Waals surface area contributed by atoms with Gasteiger partial charge in [0.25, 0.3) is 0 Å². The van der Waals surface area contributed by atoms with Crippen molar-refractivity contribution in [2.24, 2.45) is 0 Å². The van der Waals surface area contributed by atoms with Gasteiger partial charge in [0.05, 0.1) is 6.04 Å². The van der Waals surface area contributed by atoms with Gasteiger partial charge in [-0.2, -0.15) is 0 Å². The van der Waals surface area contributed by atoms with Crippen LogP contribution >= 0.6 is 34.8 Å². The fourth-order valence-corrected chi connectivity index (χ4v) is 2.67. The zero-order valence-electron chi connectivity index (χ0n) is 10.4. The van der Waals surface area contributed by atoms with Gasteiger partial charge in [-0.1, -0.05) is 36.2 Å². The van der Waals surface area contributed by atoms with Gasteiger partial charge in [-0.15, -0.1) is 0 Å². The third-order valence-corrected chi connectivity index (χ3v) is 3.77. The minimum atomic E-state index is -0.00472. The predicted octanol–water partition coefficient (Wildman–Crippen LogP) is 5.13. The van der Waals surface area contributed by atoms with E-state index in [1.54, 1.807) is 6.07 Å². The monoisotopic (exact) mass is 317 g/mol. The van der Waals surface area contributed by atoms with Crippen LogP contribution in [0, 0.1) is 0 Å². The lowest BCUT2D eigenvalue weighted by Gasteiger charge is -2.17. The molecule has 0 spiro atoms. The molecule has 0 fully saturated rings. The zero-order chi connectivity index (χ0) is 13.8. The van der Waals surface area contributed by atoms with Crippen LogP contribution in [0.15, 0.2) is 34.7 Å². The third kappa shape index (κ3) is 3.67. The molecule has 2 rings (SSSR count). The molecular weight excluding hydrogens is 305 g/mol. The van der Waals surface area contributed by atoms with E-state index >= 15 is 0 Å². The van der Waals surface area contributed by atoms with Gasteiger partial charge in [-0.05, 0) is 54.4 Å². The summed E-state index contributed by atoms with van der Waals surface area (Å²) in [4.78, 5) is 0. The van der Waals surface area contributed by atoms with E-state index in [2.05, 4.69) is 5.32 Å². The highest BCUT2D eigenvalue weighted by atomic mass is 35.5. The van der Waals surface area contributed by atoms with Crippen molar-refractivity contribution < 1.29 is 4.42 Å². The number of nitrogens with one attached hydrogen (secondary N) is 1. The number of hydrogen-bond acceptors (Lipinski definition) is 2. The summed E-state index contributed by atoms with van der Waals surface area (Å²) in [6, 6.07) is 9.09. The summed E-state index contributed by atoms with van der Waals surface area (Å²) < 4.78 is 5.47. The number of likely N-dealkylation sites (N-methyl/N-ethyl adjacent to an activating group) is 1. The van der Waals surface area contributed by atoms with Crippen molar-refractivity contribution in [1.82, 2.24) is 5.32 Å². The summed E-state index contributed by atoms with van der Waals surface area (Å²) in [6.07, 6.45) is 0.649. The van der Waals surface area contributed by atoms with E-state index in [0.29, 0.717) is 21.7 Å². The molecule has 19 heavy (non-hydrogen) atoms. The quantitative estimate of drug-likeness (QED) is 0.826. The van der Waals surface area contributed by atoms with Crippen LogP contribution in [0.3, 0.4) is 0 Å². The molecule has 2 aromatic rings. The first-order chi connectivity index (χ1) is 9.11. The van der Waals surface area contributed by atoms with Crippen molar-refractivity contribution in [3.63, 3.8) is 0 Å². The standard InChI is InChI=1S/C14H14Cl3NO/c1-2-18-12(13-6-7-14(17)19-13)8-9-10(15)4-3-5-11(9)16/h3-7,12,18H,2,8H2,1H3. The Morgan fingerprint density at radius 1 is 1.11 bits per heavy atom. The second-order valence-corrected chi connectivity index (χ2v) is 5.34. The maximum absolute atomic E-state index is 6.20. The summed E-state index contributed by atoms with van der Waals surface area (Å²) >= 11 is 18.2. The van der Waals surface area contributed by atoms with E-state index in [1.807, 2.05) is 31.2 Å². The number of halogens is 3. The lowest BCUT2D eigenvalue weighted by Crippen LogP contribution is -2.22. The number of benzene rings is 1.